The van der Waals surface area contributed by atoms with Gasteiger partial charge in [0.15, 0.2) is 0 Å². The number of fused-ring (bicyclic) bond motifs is 1. The summed E-state index contributed by atoms with van der Waals surface area (Å²) < 4.78 is 10.5. The first-order valence-electron chi connectivity index (χ1n) is 8.87. The number of carbonyl (C=O) groups is 1. The van der Waals surface area contributed by atoms with Gasteiger partial charge in [0.25, 0.3) is 0 Å². The van der Waals surface area contributed by atoms with Crippen molar-refractivity contribution in [3.63, 3.8) is 0 Å². The fraction of sp³-hybridized carbons (Fsp3) is 0.667. The second kappa shape index (κ2) is 6.63. The predicted molar refractivity (Wildman–Crippen MR) is 94.2 cm³/mol. The number of hydrogen-bond acceptors (Lipinski definition) is 6. The van der Waals surface area contributed by atoms with Gasteiger partial charge < -0.3 is 14.1 Å². The van der Waals surface area contributed by atoms with E-state index in [4.69, 9.17) is 14.1 Å². The molecule has 8 heteroatoms. The zero-order valence-corrected chi connectivity index (χ0v) is 15.4. The summed E-state index contributed by atoms with van der Waals surface area (Å²) >= 11 is 0. The molecule has 2 aliphatic rings. The topological polar surface area (TPSA) is 112 Å². The summed E-state index contributed by atoms with van der Waals surface area (Å²) in [7, 11) is 0. The molecule has 0 aromatic carbocycles. The molecule has 0 saturated carbocycles. The second-order valence-electron chi connectivity index (χ2n) is 7.88. The molecule has 1 saturated heterocycles. The van der Waals surface area contributed by atoms with Gasteiger partial charge in [-0.1, -0.05) is 0 Å². The first kappa shape index (κ1) is 18.2. The number of aliphatic imine (C=N–C) groups is 1. The van der Waals surface area contributed by atoms with Gasteiger partial charge in [-0.25, -0.2) is 9.59 Å². The number of likely N-dealkylation sites (tertiary alicyclic amines) is 1. The van der Waals surface area contributed by atoms with Crippen molar-refractivity contribution in [3.05, 3.63) is 22.0 Å². The molecule has 1 fully saturated rings. The van der Waals surface area contributed by atoms with Crippen LogP contribution in [0.4, 0.5) is 4.79 Å². The number of nitrogens with one attached hydrogen (secondary N) is 1. The lowest BCUT2D eigenvalue weighted by atomic mass is 9.88. The molecule has 0 atom stereocenters. The van der Waals surface area contributed by atoms with E-state index in [0.717, 1.165) is 11.4 Å². The molecule has 2 heterocycles. The number of nitrogens with zero attached hydrogens (tertiary/aromatic N) is 3. The number of carbonyl (C=O) groups excluding carboxylic acids is 1. The molecule has 1 aromatic rings. The van der Waals surface area contributed by atoms with Gasteiger partial charge in [0.1, 0.15) is 16.9 Å². The average Bonchev–Trinajstić information content (AvgIpc) is 2.93. The van der Waals surface area contributed by atoms with Gasteiger partial charge in [0, 0.05) is 38.1 Å². The fourth-order valence-electron chi connectivity index (χ4n) is 3.31. The monoisotopic (exact) mass is 360 g/mol. The molecule has 1 amide bonds. The van der Waals surface area contributed by atoms with Crippen molar-refractivity contribution in [1.82, 2.24) is 9.88 Å². The summed E-state index contributed by atoms with van der Waals surface area (Å²) in [5.41, 5.74) is 0.316. The largest absolute Gasteiger partial charge is 0.444 e. The summed E-state index contributed by atoms with van der Waals surface area (Å²) in [5.74, 6) is 0.163. The van der Waals surface area contributed by atoms with Gasteiger partial charge in [-0.05, 0) is 33.6 Å². The molecule has 140 valence electrons. The summed E-state index contributed by atoms with van der Waals surface area (Å²) in [5, 5.41) is 9.71. The first-order valence-corrected chi connectivity index (χ1v) is 8.87. The maximum Gasteiger partial charge on any atom is 0.416 e. The van der Waals surface area contributed by atoms with E-state index in [1.807, 2.05) is 20.8 Å². The van der Waals surface area contributed by atoms with Gasteiger partial charge >= 0.3 is 11.8 Å². The van der Waals surface area contributed by atoms with E-state index >= 15 is 0 Å². The molecule has 26 heavy (non-hydrogen) atoms. The third-order valence-electron chi connectivity index (χ3n) is 4.66. The molecule has 0 radical (unpaired) electrons. The van der Waals surface area contributed by atoms with Gasteiger partial charge in [-0.15, -0.1) is 0 Å². The van der Waals surface area contributed by atoms with Crippen LogP contribution in [-0.2, 0) is 17.6 Å². The molecule has 1 aliphatic heterocycles. The smallest absolute Gasteiger partial charge is 0.416 e. The van der Waals surface area contributed by atoms with Gasteiger partial charge in [0.05, 0.1) is 11.8 Å². The van der Waals surface area contributed by atoms with Gasteiger partial charge in [-0.3, -0.25) is 9.98 Å². The lowest BCUT2D eigenvalue weighted by Crippen LogP contribution is -2.47. The average molecular weight is 360 g/mol. The minimum absolute atomic E-state index is 0.354. The maximum absolute atomic E-state index is 12.2. The molecular formula is C18H24N4O4. The zero-order chi connectivity index (χ0) is 18.9. The van der Waals surface area contributed by atoms with Gasteiger partial charge in [0.2, 0.25) is 0 Å². The minimum atomic E-state index is -0.831. The maximum atomic E-state index is 12.2. The number of aromatic nitrogens is 1. The Labute approximate surface area is 151 Å². The van der Waals surface area contributed by atoms with Crippen molar-refractivity contribution in [2.75, 3.05) is 13.1 Å². The van der Waals surface area contributed by atoms with Crippen molar-refractivity contribution in [2.45, 2.75) is 64.0 Å². The molecule has 0 bridgehead atoms. The highest BCUT2D eigenvalue weighted by atomic mass is 16.6. The number of ether oxygens (including phenoxy) is 1. The summed E-state index contributed by atoms with van der Waals surface area (Å²) in [6.45, 7) is 6.36. The third kappa shape index (κ3) is 3.98. The van der Waals surface area contributed by atoms with Crippen LogP contribution >= 0.6 is 0 Å². The Balaban J connectivity index is 1.67. The number of amides is 1. The molecule has 0 spiro atoms. The van der Waals surface area contributed by atoms with E-state index in [9.17, 15) is 14.9 Å². The van der Waals surface area contributed by atoms with E-state index in [0.29, 0.717) is 51.0 Å². The van der Waals surface area contributed by atoms with Crippen LogP contribution in [0.25, 0.3) is 0 Å². The van der Waals surface area contributed by atoms with Crippen LogP contribution in [0.1, 0.15) is 51.5 Å². The molecule has 1 N–H and O–H groups in total. The lowest BCUT2D eigenvalue weighted by molar-refractivity contribution is 0.0189. The highest BCUT2D eigenvalue weighted by Crippen LogP contribution is 2.29. The Morgan fingerprint density at radius 2 is 2.04 bits per heavy atom. The summed E-state index contributed by atoms with van der Waals surface area (Å²) in [6.07, 6.45) is 2.39. The molecule has 8 nitrogen and oxygen atoms in total. The van der Waals surface area contributed by atoms with E-state index in [1.54, 1.807) is 4.90 Å². The van der Waals surface area contributed by atoms with Gasteiger partial charge in [-0.2, -0.15) is 5.26 Å². The number of aryl methyl sites for hydroxylation is 1. The van der Waals surface area contributed by atoms with E-state index in [2.05, 4.69) is 11.1 Å². The fourth-order valence-corrected chi connectivity index (χ4v) is 3.31. The Hall–Kier alpha value is -2.56. The van der Waals surface area contributed by atoms with Crippen LogP contribution in [0.15, 0.2) is 14.2 Å². The van der Waals surface area contributed by atoms with Crippen molar-refractivity contribution >= 4 is 11.8 Å². The van der Waals surface area contributed by atoms with E-state index in [-0.39, 0.29) is 6.09 Å². The SMILES string of the molecule is CC(C)(C)OC(=O)N1CCC(C#N)(N=C2CCc3[nH]c(=O)oc3C2)CC1. The number of aromatic amines is 1. The third-order valence-corrected chi connectivity index (χ3v) is 4.66. The highest BCUT2D eigenvalue weighted by molar-refractivity contribution is 5.88. The summed E-state index contributed by atoms with van der Waals surface area (Å²) in [6, 6.07) is 2.34. The lowest BCUT2D eigenvalue weighted by Gasteiger charge is -2.36. The Morgan fingerprint density at radius 1 is 1.35 bits per heavy atom. The Morgan fingerprint density at radius 3 is 2.65 bits per heavy atom. The molecule has 0 unspecified atom stereocenters. The Bertz CT molecular complexity index is 813. The van der Waals surface area contributed by atoms with Crippen LogP contribution in [0, 0.1) is 11.3 Å². The van der Waals surface area contributed by atoms with Crippen LogP contribution < -0.4 is 5.76 Å². The first-order chi connectivity index (χ1) is 12.2. The molecular weight excluding hydrogens is 336 g/mol. The second-order valence-corrected chi connectivity index (χ2v) is 7.88. The predicted octanol–water partition coefficient (Wildman–Crippen LogP) is 2.19. The van der Waals surface area contributed by atoms with Crippen LogP contribution in [-0.4, -0.2) is 45.9 Å². The quantitative estimate of drug-likeness (QED) is 0.825. The van der Waals surface area contributed by atoms with Crippen molar-refractivity contribution < 1.29 is 13.9 Å². The number of piperidine rings is 1. The molecule has 1 aliphatic carbocycles. The number of H-pyrrole nitrogens is 1. The van der Waals surface area contributed by atoms with Crippen molar-refractivity contribution in [1.29, 1.82) is 5.26 Å². The van der Waals surface area contributed by atoms with Crippen molar-refractivity contribution in [3.8, 4) is 6.07 Å². The zero-order valence-electron chi connectivity index (χ0n) is 15.4. The molecule has 3 rings (SSSR count). The Kier molecular flexibility index (Phi) is 4.65. The number of oxazole rings is 1. The summed E-state index contributed by atoms with van der Waals surface area (Å²) in [4.78, 5) is 32.5. The minimum Gasteiger partial charge on any atom is -0.444 e. The van der Waals surface area contributed by atoms with Crippen LogP contribution in [0.3, 0.4) is 0 Å². The number of hydrogen-bond donors (Lipinski definition) is 1. The number of rotatable bonds is 1. The van der Waals surface area contributed by atoms with Crippen LogP contribution in [0.2, 0.25) is 0 Å². The number of nitriles is 1. The normalized spacial score (nSPS) is 21.2. The van der Waals surface area contributed by atoms with Crippen LogP contribution in [0.5, 0.6) is 0 Å². The standard InChI is InChI=1S/C18H24N4O4/c1-17(2,3)26-16(24)22-8-6-18(11-19,7-9-22)21-12-4-5-13-14(10-12)25-15(23)20-13/h4-10H2,1-3H3,(H,20,23). The highest BCUT2D eigenvalue weighted by Gasteiger charge is 2.38. The molecule has 1 aromatic heterocycles. The van der Waals surface area contributed by atoms with E-state index in [1.165, 1.54) is 0 Å². The van der Waals surface area contributed by atoms with Crippen molar-refractivity contribution in [2.24, 2.45) is 4.99 Å². The van der Waals surface area contributed by atoms with E-state index < -0.39 is 16.9 Å².